The highest BCUT2D eigenvalue weighted by Crippen LogP contribution is 2.21. The van der Waals surface area contributed by atoms with E-state index in [2.05, 4.69) is 31.7 Å². The summed E-state index contributed by atoms with van der Waals surface area (Å²) in [5.41, 5.74) is 2.97. The largest absolute Gasteiger partial charge is 0.356 e. The Kier molecular flexibility index (Phi) is 5.68. The van der Waals surface area contributed by atoms with Gasteiger partial charge < -0.3 is 15.2 Å². The summed E-state index contributed by atoms with van der Waals surface area (Å²) in [6, 6.07) is 13.1. The molecule has 2 aromatic carbocycles. The fourth-order valence-corrected chi connectivity index (χ4v) is 2.90. The van der Waals surface area contributed by atoms with Crippen molar-refractivity contribution < 1.29 is 14.1 Å². The molecular formula is C19H18BrN3O3. The Balaban J connectivity index is 1.47. The van der Waals surface area contributed by atoms with E-state index in [1.807, 2.05) is 43.3 Å². The van der Waals surface area contributed by atoms with Crippen LogP contribution in [0.3, 0.4) is 0 Å². The standard InChI is InChI=1S/C19H18BrN3O3/c1-12-6-7-13(20)10-15(12)22-18(24)8-9-21-19(25)11-16-14-4-2-3-5-17(14)26-23-16/h2-7,10H,8-9,11H2,1H3,(H,21,25)(H,22,24). The summed E-state index contributed by atoms with van der Waals surface area (Å²) >= 11 is 3.38. The van der Waals surface area contributed by atoms with E-state index < -0.39 is 0 Å². The van der Waals surface area contributed by atoms with E-state index in [4.69, 9.17) is 4.52 Å². The van der Waals surface area contributed by atoms with Crippen molar-refractivity contribution in [3.05, 3.63) is 58.2 Å². The molecule has 0 aliphatic carbocycles. The summed E-state index contributed by atoms with van der Waals surface area (Å²) in [5, 5.41) is 10.3. The zero-order chi connectivity index (χ0) is 18.5. The second-order valence-electron chi connectivity index (χ2n) is 5.91. The molecule has 3 aromatic rings. The molecule has 0 aliphatic rings. The Labute approximate surface area is 159 Å². The number of hydrogen-bond acceptors (Lipinski definition) is 4. The lowest BCUT2D eigenvalue weighted by Gasteiger charge is -2.09. The molecule has 0 saturated heterocycles. The third kappa shape index (κ3) is 4.49. The van der Waals surface area contributed by atoms with Gasteiger partial charge in [0.25, 0.3) is 0 Å². The minimum Gasteiger partial charge on any atom is -0.356 e. The first-order valence-electron chi connectivity index (χ1n) is 8.19. The number of carbonyl (C=O) groups is 2. The molecule has 0 saturated carbocycles. The summed E-state index contributed by atoms with van der Waals surface area (Å²) in [4.78, 5) is 24.1. The lowest BCUT2D eigenvalue weighted by molar-refractivity contribution is -0.120. The zero-order valence-electron chi connectivity index (χ0n) is 14.2. The van der Waals surface area contributed by atoms with Crippen LogP contribution in [0, 0.1) is 6.92 Å². The van der Waals surface area contributed by atoms with Gasteiger partial charge in [0.2, 0.25) is 11.8 Å². The number of hydrogen-bond donors (Lipinski definition) is 2. The van der Waals surface area contributed by atoms with E-state index in [9.17, 15) is 9.59 Å². The van der Waals surface area contributed by atoms with Crippen molar-refractivity contribution in [3.63, 3.8) is 0 Å². The number of para-hydroxylation sites is 1. The Morgan fingerprint density at radius 3 is 2.81 bits per heavy atom. The van der Waals surface area contributed by atoms with Crippen molar-refractivity contribution in [1.29, 1.82) is 0 Å². The number of aryl methyl sites for hydroxylation is 1. The Bertz CT molecular complexity index is 952. The van der Waals surface area contributed by atoms with Crippen molar-refractivity contribution in [3.8, 4) is 0 Å². The molecular weight excluding hydrogens is 398 g/mol. The van der Waals surface area contributed by atoms with Crippen LogP contribution in [0.25, 0.3) is 11.0 Å². The lowest BCUT2D eigenvalue weighted by atomic mass is 10.1. The van der Waals surface area contributed by atoms with Crippen LogP contribution in [0.5, 0.6) is 0 Å². The minimum absolute atomic E-state index is 0.114. The van der Waals surface area contributed by atoms with Crippen LogP contribution < -0.4 is 10.6 Å². The molecule has 0 fully saturated rings. The summed E-state index contributed by atoms with van der Waals surface area (Å²) in [6.45, 7) is 2.18. The lowest BCUT2D eigenvalue weighted by Crippen LogP contribution is -2.29. The second kappa shape index (κ2) is 8.14. The van der Waals surface area contributed by atoms with Gasteiger partial charge in [0.1, 0.15) is 5.69 Å². The Morgan fingerprint density at radius 1 is 1.15 bits per heavy atom. The molecule has 0 radical (unpaired) electrons. The molecule has 0 atom stereocenters. The fraction of sp³-hybridized carbons (Fsp3) is 0.211. The molecule has 0 spiro atoms. The van der Waals surface area contributed by atoms with Gasteiger partial charge in [-0.15, -0.1) is 0 Å². The highest BCUT2D eigenvalue weighted by molar-refractivity contribution is 9.10. The van der Waals surface area contributed by atoms with Gasteiger partial charge in [-0.25, -0.2) is 0 Å². The molecule has 1 aromatic heterocycles. The summed E-state index contributed by atoms with van der Waals surface area (Å²) in [6.07, 6.45) is 0.306. The first kappa shape index (κ1) is 18.1. The number of halogens is 1. The van der Waals surface area contributed by atoms with Gasteiger partial charge in [0.05, 0.1) is 6.42 Å². The van der Waals surface area contributed by atoms with Crippen LogP contribution >= 0.6 is 15.9 Å². The van der Waals surface area contributed by atoms with Crippen LogP contribution in [0.15, 0.2) is 51.5 Å². The van der Waals surface area contributed by atoms with Gasteiger partial charge in [-0.2, -0.15) is 0 Å². The van der Waals surface area contributed by atoms with Gasteiger partial charge in [-0.3, -0.25) is 9.59 Å². The second-order valence-corrected chi connectivity index (χ2v) is 6.83. The molecule has 134 valence electrons. The van der Waals surface area contributed by atoms with Crippen molar-refractivity contribution in [2.75, 3.05) is 11.9 Å². The van der Waals surface area contributed by atoms with E-state index in [1.165, 1.54) is 0 Å². The van der Waals surface area contributed by atoms with Crippen LogP contribution in [0.2, 0.25) is 0 Å². The smallest absolute Gasteiger partial charge is 0.226 e. The number of fused-ring (bicyclic) bond motifs is 1. The maximum atomic E-state index is 12.1. The number of amides is 2. The first-order chi connectivity index (χ1) is 12.5. The van der Waals surface area contributed by atoms with Gasteiger partial charge >= 0.3 is 0 Å². The highest BCUT2D eigenvalue weighted by atomic mass is 79.9. The van der Waals surface area contributed by atoms with Gasteiger partial charge in [-0.1, -0.05) is 39.3 Å². The monoisotopic (exact) mass is 415 g/mol. The van der Waals surface area contributed by atoms with Crippen molar-refractivity contribution >= 4 is 44.4 Å². The van der Waals surface area contributed by atoms with Crippen molar-refractivity contribution in [2.45, 2.75) is 19.8 Å². The maximum Gasteiger partial charge on any atom is 0.226 e. The van der Waals surface area contributed by atoms with Gasteiger partial charge in [0.15, 0.2) is 5.58 Å². The quantitative estimate of drug-likeness (QED) is 0.644. The predicted molar refractivity (Wildman–Crippen MR) is 103 cm³/mol. The summed E-state index contributed by atoms with van der Waals surface area (Å²) < 4.78 is 6.08. The first-order valence-corrected chi connectivity index (χ1v) is 8.98. The number of anilines is 1. The van der Waals surface area contributed by atoms with Crippen LogP contribution in [0.4, 0.5) is 5.69 Å². The third-order valence-corrected chi connectivity index (χ3v) is 4.42. The van der Waals surface area contributed by atoms with Crippen molar-refractivity contribution in [1.82, 2.24) is 10.5 Å². The molecule has 0 unspecified atom stereocenters. The van der Waals surface area contributed by atoms with E-state index >= 15 is 0 Å². The summed E-state index contributed by atoms with van der Waals surface area (Å²) in [5.74, 6) is -0.353. The molecule has 1 heterocycles. The average molecular weight is 416 g/mol. The molecule has 7 heteroatoms. The molecule has 2 amide bonds. The van der Waals surface area contributed by atoms with E-state index in [1.54, 1.807) is 6.07 Å². The number of carbonyl (C=O) groups excluding carboxylic acids is 2. The predicted octanol–water partition coefficient (Wildman–Crippen LogP) is 3.59. The van der Waals surface area contributed by atoms with Crippen LogP contribution in [-0.4, -0.2) is 23.5 Å². The van der Waals surface area contributed by atoms with Crippen LogP contribution in [-0.2, 0) is 16.0 Å². The fourth-order valence-electron chi connectivity index (χ4n) is 2.54. The third-order valence-electron chi connectivity index (χ3n) is 3.93. The Morgan fingerprint density at radius 2 is 1.96 bits per heavy atom. The molecule has 3 rings (SSSR count). The van der Waals surface area contributed by atoms with E-state index in [0.717, 1.165) is 21.1 Å². The van der Waals surface area contributed by atoms with E-state index in [0.29, 0.717) is 11.3 Å². The molecule has 2 N–H and O–H groups in total. The van der Waals surface area contributed by atoms with Gasteiger partial charge in [0, 0.05) is 28.5 Å². The highest BCUT2D eigenvalue weighted by Gasteiger charge is 2.12. The van der Waals surface area contributed by atoms with Gasteiger partial charge in [-0.05, 0) is 36.8 Å². The zero-order valence-corrected chi connectivity index (χ0v) is 15.8. The SMILES string of the molecule is Cc1ccc(Br)cc1NC(=O)CCNC(=O)Cc1noc2ccccc12. The topological polar surface area (TPSA) is 84.2 Å². The van der Waals surface area contributed by atoms with Crippen molar-refractivity contribution in [2.24, 2.45) is 0 Å². The molecule has 6 nitrogen and oxygen atoms in total. The number of rotatable bonds is 6. The normalized spacial score (nSPS) is 10.7. The number of nitrogens with zero attached hydrogens (tertiary/aromatic N) is 1. The number of aromatic nitrogens is 1. The number of benzene rings is 2. The van der Waals surface area contributed by atoms with E-state index in [-0.39, 0.29) is 31.2 Å². The van der Waals surface area contributed by atoms with Crippen LogP contribution in [0.1, 0.15) is 17.7 Å². The molecule has 0 bridgehead atoms. The number of nitrogens with one attached hydrogen (secondary N) is 2. The molecule has 26 heavy (non-hydrogen) atoms. The molecule has 0 aliphatic heterocycles. The minimum atomic E-state index is -0.199. The average Bonchev–Trinajstić information content (AvgIpc) is 3.01. The summed E-state index contributed by atoms with van der Waals surface area (Å²) in [7, 11) is 0. The maximum absolute atomic E-state index is 12.1. The Hall–Kier alpha value is -2.67.